The van der Waals surface area contributed by atoms with E-state index in [9.17, 15) is 15.0 Å². The van der Waals surface area contributed by atoms with E-state index in [1.54, 1.807) is 35.7 Å². The van der Waals surface area contributed by atoms with Crippen LogP contribution in [-0.4, -0.2) is 25.7 Å². The summed E-state index contributed by atoms with van der Waals surface area (Å²) in [5, 5.41) is 21.1. The Labute approximate surface area is 168 Å². The Kier molecular flexibility index (Phi) is 6.66. The minimum absolute atomic E-state index is 0.227. The zero-order valence-electron chi connectivity index (χ0n) is 15.8. The fourth-order valence-electron chi connectivity index (χ4n) is 3.01. The minimum Gasteiger partial charge on any atom is -0.508 e. The van der Waals surface area contributed by atoms with E-state index in [4.69, 9.17) is 0 Å². The van der Waals surface area contributed by atoms with Crippen LogP contribution in [0, 0.1) is 0 Å². The van der Waals surface area contributed by atoms with Gasteiger partial charge in [-0.25, -0.2) is 9.78 Å². The lowest BCUT2D eigenvalue weighted by Crippen LogP contribution is -2.09. The van der Waals surface area contributed by atoms with E-state index in [0.29, 0.717) is 18.5 Å². The first-order chi connectivity index (χ1) is 13.6. The number of carboxylic acid groups (broad SMARTS) is 1. The number of aromatic hydroxyl groups is 1. The first-order valence-electron chi connectivity index (χ1n) is 9.35. The number of imidazole rings is 1. The van der Waals surface area contributed by atoms with Crippen molar-refractivity contribution < 1.29 is 15.0 Å². The van der Waals surface area contributed by atoms with E-state index < -0.39 is 5.97 Å². The van der Waals surface area contributed by atoms with Gasteiger partial charge in [0.1, 0.15) is 11.6 Å². The summed E-state index contributed by atoms with van der Waals surface area (Å²) in [6, 6.07) is 10.9. The van der Waals surface area contributed by atoms with Crippen LogP contribution in [0.1, 0.15) is 41.7 Å². The van der Waals surface area contributed by atoms with Crippen molar-refractivity contribution in [2.24, 2.45) is 0 Å². The Bertz CT molecular complexity index is 941. The first-order valence-corrected chi connectivity index (χ1v) is 10.2. The molecule has 0 aliphatic carbocycles. The quantitative estimate of drug-likeness (QED) is 0.512. The molecule has 0 atom stereocenters. The number of rotatable bonds is 9. The number of thiophene rings is 1. The van der Waals surface area contributed by atoms with Gasteiger partial charge in [0, 0.05) is 29.8 Å². The molecule has 0 aliphatic heterocycles. The number of phenolic OH excluding ortho intramolecular Hbond substituents is 1. The van der Waals surface area contributed by atoms with Gasteiger partial charge in [0.25, 0.3) is 0 Å². The third kappa shape index (κ3) is 5.10. The van der Waals surface area contributed by atoms with Crippen molar-refractivity contribution >= 4 is 23.4 Å². The van der Waals surface area contributed by atoms with Crippen LogP contribution in [0.25, 0.3) is 6.08 Å². The minimum atomic E-state index is -0.916. The number of benzene rings is 1. The SMILES string of the molecule is CCCCc1ncc(C=C(Cc2cccs2)C(=O)O)n1Cc1ccc(O)cc1. The van der Waals surface area contributed by atoms with Gasteiger partial charge in [0.15, 0.2) is 0 Å². The lowest BCUT2D eigenvalue weighted by molar-refractivity contribution is -0.132. The molecule has 0 fully saturated rings. The molecule has 2 N–H and O–H groups in total. The van der Waals surface area contributed by atoms with Gasteiger partial charge in [-0.2, -0.15) is 0 Å². The highest BCUT2D eigenvalue weighted by Crippen LogP contribution is 2.20. The zero-order valence-corrected chi connectivity index (χ0v) is 16.7. The average Bonchev–Trinajstić information content (AvgIpc) is 3.32. The normalized spacial score (nSPS) is 11.7. The molecular formula is C22H24N2O3S. The van der Waals surface area contributed by atoms with Gasteiger partial charge in [-0.05, 0) is 41.6 Å². The van der Waals surface area contributed by atoms with Gasteiger partial charge in [0.2, 0.25) is 0 Å². The molecule has 3 aromatic rings. The zero-order chi connectivity index (χ0) is 19.9. The Balaban J connectivity index is 1.94. The second-order valence-corrected chi connectivity index (χ2v) is 7.72. The highest BCUT2D eigenvalue weighted by atomic mass is 32.1. The topological polar surface area (TPSA) is 75.3 Å². The lowest BCUT2D eigenvalue weighted by Gasteiger charge is -2.11. The molecule has 3 rings (SSSR count). The fourth-order valence-corrected chi connectivity index (χ4v) is 3.74. The largest absolute Gasteiger partial charge is 0.508 e. The van der Waals surface area contributed by atoms with Crippen LogP contribution in [0.15, 0.2) is 53.5 Å². The molecular weight excluding hydrogens is 372 g/mol. The van der Waals surface area contributed by atoms with Crippen molar-refractivity contribution in [3.63, 3.8) is 0 Å². The lowest BCUT2D eigenvalue weighted by atomic mass is 10.1. The summed E-state index contributed by atoms with van der Waals surface area (Å²) in [6.07, 6.45) is 6.80. The Morgan fingerprint density at radius 2 is 2.04 bits per heavy atom. The van der Waals surface area contributed by atoms with Gasteiger partial charge in [0.05, 0.1) is 11.9 Å². The molecule has 6 heteroatoms. The van der Waals surface area contributed by atoms with Crippen molar-refractivity contribution in [2.45, 2.75) is 39.2 Å². The van der Waals surface area contributed by atoms with Crippen LogP contribution >= 0.6 is 11.3 Å². The number of aryl methyl sites for hydroxylation is 1. The van der Waals surface area contributed by atoms with E-state index in [1.807, 2.05) is 29.6 Å². The van der Waals surface area contributed by atoms with E-state index in [0.717, 1.165) is 41.2 Å². The molecule has 0 amide bonds. The number of carbonyl (C=O) groups is 1. The Morgan fingerprint density at radius 3 is 2.68 bits per heavy atom. The second-order valence-electron chi connectivity index (χ2n) is 6.69. The van der Waals surface area contributed by atoms with E-state index in [1.165, 1.54) is 0 Å². The van der Waals surface area contributed by atoms with Crippen LogP contribution in [-0.2, 0) is 24.2 Å². The van der Waals surface area contributed by atoms with E-state index >= 15 is 0 Å². The summed E-state index contributed by atoms with van der Waals surface area (Å²) in [5.74, 6) is 0.257. The molecule has 1 aromatic carbocycles. The molecule has 0 saturated carbocycles. The van der Waals surface area contributed by atoms with Crippen LogP contribution < -0.4 is 0 Å². The van der Waals surface area contributed by atoms with Gasteiger partial charge >= 0.3 is 5.97 Å². The summed E-state index contributed by atoms with van der Waals surface area (Å²) in [5.41, 5.74) is 2.16. The maximum atomic E-state index is 11.8. The van der Waals surface area contributed by atoms with Gasteiger partial charge in [-0.3, -0.25) is 0 Å². The first kappa shape index (κ1) is 19.9. The van der Waals surface area contributed by atoms with E-state index in [2.05, 4.69) is 16.5 Å². The molecule has 5 nitrogen and oxygen atoms in total. The predicted octanol–water partition coefficient (Wildman–Crippen LogP) is 4.75. The average molecular weight is 397 g/mol. The van der Waals surface area contributed by atoms with Gasteiger partial charge in [-0.1, -0.05) is 31.5 Å². The van der Waals surface area contributed by atoms with Gasteiger partial charge in [-0.15, -0.1) is 11.3 Å². The number of carboxylic acids is 1. The van der Waals surface area contributed by atoms with Crippen LogP contribution in [0.4, 0.5) is 0 Å². The molecule has 0 saturated heterocycles. The second kappa shape index (κ2) is 9.37. The van der Waals surface area contributed by atoms with E-state index in [-0.39, 0.29) is 5.75 Å². The number of hydrogen-bond acceptors (Lipinski definition) is 4. The number of phenols is 1. The molecule has 0 radical (unpaired) electrons. The van der Waals surface area contributed by atoms with Gasteiger partial charge < -0.3 is 14.8 Å². The van der Waals surface area contributed by atoms with Crippen molar-refractivity contribution in [3.8, 4) is 5.75 Å². The molecule has 0 aliphatic rings. The Morgan fingerprint density at radius 1 is 1.25 bits per heavy atom. The van der Waals surface area contributed by atoms with Crippen LogP contribution in [0.3, 0.4) is 0 Å². The number of nitrogens with zero attached hydrogens (tertiary/aromatic N) is 2. The third-order valence-electron chi connectivity index (χ3n) is 4.54. The van der Waals surface area contributed by atoms with Crippen molar-refractivity contribution in [1.29, 1.82) is 0 Å². The molecule has 146 valence electrons. The van der Waals surface area contributed by atoms with Crippen molar-refractivity contribution in [2.75, 3.05) is 0 Å². The molecule has 2 heterocycles. The summed E-state index contributed by atoms with van der Waals surface area (Å²) in [7, 11) is 0. The van der Waals surface area contributed by atoms with Crippen molar-refractivity contribution in [1.82, 2.24) is 9.55 Å². The summed E-state index contributed by atoms with van der Waals surface area (Å²) < 4.78 is 2.07. The fraction of sp³-hybridized carbons (Fsp3) is 0.273. The third-order valence-corrected chi connectivity index (χ3v) is 5.42. The monoisotopic (exact) mass is 396 g/mol. The van der Waals surface area contributed by atoms with Crippen LogP contribution in [0.2, 0.25) is 0 Å². The smallest absolute Gasteiger partial charge is 0.332 e. The summed E-state index contributed by atoms with van der Waals surface area (Å²) in [6.45, 7) is 2.72. The molecule has 0 unspecified atom stereocenters. The number of unbranched alkanes of at least 4 members (excludes halogenated alkanes) is 1. The van der Waals surface area contributed by atoms with Crippen molar-refractivity contribution in [3.05, 3.63) is 75.5 Å². The number of aromatic nitrogens is 2. The highest BCUT2D eigenvalue weighted by Gasteiger charge is 2.14. The maximum Gasteiger partial charge on any atom is 0.332 e. The molecule has 0 bridgehead atoms. The number of aliphatic carboxylic acids is 1. The predicted molar refractivity (Wildman–Crippen MR) is 112 cm³/mol. The summed E-state index contributed by atoms with van der Waals surface area (Å²) >= 11 is 1.55. The highest BCUT2D eigenvalue weighted by molar-refractivity contribution is 7.09. The summed E-state index contributed by atoms with van der Waals surface area (Å²) in [4.78, 5) is 17.4. The maximum absolute atomic E-state index is 11.8. The molecule has 0 spiro atoms. The Hall–Kier alpha value is -2.86. The standard InChI is InChI=1S/C22H24N2O3S/c1-2-3-6-21-23-14-18(24(21)15-16-7-9-19(25)10-8-16)12-17(22(26)27)13-20-5-4-11-28-20/h4-5,7-12,14,25H,2-3,6,13,15H2,1H3,(H,26,27). The number of hydrogen-bond donors (Lipinski definition) is 2. The molecule has 28 heavy (non-hydrogen) atoms. The van der Waals surface area contributed by atoms with Crippen LogP contribution in [0.5, 0.6) is 5.75 Å². The molecule has 2 aromatic heterocycles.